The number of β-amino-alcohol motifs (C(OH)–C–C–N with tert-alkyl or cyclic N) is 1. The van der Waals surface area contributed by atoms with Crippen molar-refractivity contribution in [2.75, 3.05) is 50.9 Å². The van der Waals surface area contributed by atoms with Crippen LogP contribution >= 0.6 is 0 Å². The van der Waals surface area contributed by atoms with Gasteiger partial charge < -0.3 is 24.0 Å². The molecular weight excluding hydrogens is 670 g/mol. The van der Waals surface area contributed by atoms with E-state index in [0.29, 0.717) is 88.0 Å². The summed E-state index contributed by atoms with van der Waals surface area (Å²) in [7, 11) is 3.73. The molecule has 0 saturated carbocycles. The molecule has 0 spiro atoms. The molecule has 3 aliphatic heterocycles. The zero-order valence-corrected chi connectivity index (χ0v) is 29.6. The number of benzene rings is 2. The number of aromatic amines is 1. The van der Waals surface area contributed by atoms with Crippen molar-refractivity contribution in [1.82, 2.24) is 39.4 Å². The number of aliphatic hydroxyl groups is 1. The maximum atomic E-state index is 15.6. The summed E-state index contributed by atoms with van der Waals surface area (Å²) in [5, 5.41) is 36.5. The Bertz CT molecular complexity index is 2460. The minimum atomic E-state index is -1.16. The van der Waals surface area contributed by atoms with E-state index in [1.54, 1.807) is 17.7 Å². The van der Waals surface area contributed by atoms with Crippen LogP contribution in [-0.2, 0) is 25.3 Å². The lowest BCUT2D eigenvalue weighted by Gasteiger charge is -2.31. The fraction of sp³-hybridized carbons (Fsp3) is 0.486. The molecule has 3 fully saturated rings. The number of alkyl halides is 1. The Labute approximate surface area is 297 Å². The maximum absolute atomic E-state index is 15.6. The summed E-state index contributed by atoms with van der Waals surface area (Å²) in [5.41, 5.74) is 2.89. The molecule has 3 aliphatic rings. The topological polar surface area (TPSA) is 146 Å². The van der Waals surface area contributed by atoms with Crippen molar-refractivity contribution < 1.29 is 23.4 Å². The van der Waals surface area contributed by atoms with E-state index >= 15 is 4.39 Å². The van der Waals surface area contributed by atoms with E-state index in [9.17, 15) is 14.8 Å². The molecule has 0 aliphatic carbocycles. The summed E-state index contributed by atoms with van der Waals surface area (Å²) >= 11 is 0. The number of fused-ring (bicyclic) bond motifs is 6. The Kier molecular flexibility index (Phi) is 7.48. The van der Waals surface area contributed by atoms with Crippen LogP contribution in [0.5, 0.6) is 6.01 Å². The standard InChI is InChI=1S/C37H40F2N10O3/c1-5-22-23(39)8-7-20-13-24-27(25(15-40)44-43-24)28(26(20)22)30-32-31(47(4)45-30)29-33(46(32)3)41-35(42-34(29)48-11-12-51-18-36(2,50)17-48)52-19-37-9-6-10-49(37)16-21(38)14-37/h7-8,13,21,50H,5-6,9-12,14,16-19H2,1-4H3,(H,43,44)/t21-,36+,37+/m1/s1. The first-order chi connectivity index (χ1) is 25.0. The van der Waals surface area contributed by atoms with Gasteiger partial charge in [0.2, 0.25) is 0 Å². The number of hydrogen-bond acceptors (Lipinski definition) is 10. The van der Waals surface area contributed by atoms with Crippen molar-refractivity contribution in [1.29, 1.82) is 5.26 Å². The Morgan fingerprint density at radius 3 is 2.83 bits per heavy atom. The van der Waals surface area contributed by atoms with Gasteiger partial charge >= 0.3 is 6.01 Å². The van der Waals surface area contributed by atoms with Gasteiger partial charge in [-0.2, -0.15) is 25.4 Å². The first kappa shape index (κ1) is 33.0. The van der Waals surface area contributed by atoms with Gasteiger partial charge in [0.05, 0.1) is 47.2 Å². The summed E-state index contributed by atoms with van der Waals surface area (Å²) in [5.74, 6) is 0.208. The number of nitrogens with zero attached hydrogens (tertiary/aromatic N) is 9. The number of rotatable bonds is 6. The highest BCUT2D eigenvalue weighted by Gasteiger charge is 2.49. The number of nitriles is 1. The SMILES string of the molecule is CCc1c(F)ccc2cc3[nH]nc(C#N)c3c(-c3nn(C)c4c5c(N6CCOC[C@@](C)(O)C6)nc(OC[C@@]67CCCN6C[C@H](F)C7)nc5n(C)c34)c12. The molecule has 3 atom stereocenters. The van der Waals surface area contributed by atoms with Gasteiger partial charge in [0.15, 0.2) is 11.3 Å². The number of hydrogen-bond donors (Lipinski definition) is 2. The fourth-order valence-corrected chi connectivity index (χ4v) is 9.09. The molecule has 15 heteroatoms. The molecule has 6 aromatic rings. The Morgan fingerprint density at radius 2 is 2.02 bits per heavy atom. The van der Waals surface area contributed by atoms with Crippen LogP contribution < -0.4 is 9.64 Å². The van der Waals surface area contributed by atoms with E-state index in [1.165, 1.54) is 6.07 Å². The number of H-pyrrole nitrogens is 1. The third-order valence-electron chi connectivity index (χ3n) is 11.3. The van der Waals surface area contributed by atoms with Crippen LogP contribution in [0.25, 0.3) is 55.0 Å². The fourth-order valence-electron chi connectivity index (χ4n) is 9.09. The van der Waals surface area contributed by atoms with Crippen LogP contribution in [0.4, 0.5) is 14.6 Å². The van der Waals surface area contributed by atoms with Gasteiger partial charge in [-0.25, -0.2) is 8.78 Å². The average molecular weight is 711 g/mol. The summed E-state index contributed by atoms with van der Waals surface area (Å²) in [4.78, 5) is 14.2. The van der Waals surface area contributed by atoms with Gasteiger partial charge in [-0.1, -0.05) is 13.0 Å². The van der Waals surface area contributed by atoms with Gasteiger partial charge in [0.25, 0.3) is 0 Å². The van der Waals surface area contributed by atoms with E-state index in [1.807, 2.05) is 36.6 Å². The Balaban J connectivity index is 1.31. The Morgan fingerprint density at radius 1 is 1.17 bits per heavy atom. The number of anilines is 1. The molecule has 4 aromatic heterocycles. The molecule has 0 radical (unpaired) electrons. The third-order valence-corrected chi connectivity index (χ3v) is 11.3. The zero-order chi connectivity index (χ0) is 36.1. The normalized spacial score (nSPS) is 24.0. The maximum Gasteiger partial charge on any atom is 0.320 e. The van der Waals surface area contributed by atoms with E-state index < -0.39 is 17.3 Å². The molecular formula is C37H40F2N10O3. The summed E-state index contributed by atoms with van der Waals surface area (Å²) < 4.78 is 46.2. The van der Waals surface area contributed by atoms with Crippen molar-refractivity contribution in [3.63, 3.8) is 0 Å². The summed E-state index contributed by atoms with van der Waals surface area (Å²) in [6.07, 6.45) is 1.76. The van der Waals surface area contributed by atoms with Gasteiger partial charge in [-0.3, -0.25) is 14.7 Å². The summed E-state index contributed by atoms with van der Waals surface area (Å²) in [6.45, 7) is 6.38. The lowest BCUT2D eigenvalue weighted by molar-refractivity contribution is -0.0123. The molecule has 2 N–H and O–H groups in total. The minimum Gasteiger partial charge on any atom is -0.461 e. The number of aryl methyl sites for hydroxylation is 3. The highest BCUT2D eigenvalue weighted by Crippen LogP contribution is 2.46. The van der Waals surface area contributed by atoms with E-state index in [-0.39, 0.29) is 37.3 Å². The number of halogens is 2. The van der Waals surface area contributed by atoms with Crippen molar-refractivity contribution in [3.8, 4) is 23.3 Å². The van der Waals surface area contributed by atoms with Gasteiger partial charge in [0.1, 0.15) is 41.8 Å². The van der Waals surface area contributed by atoms with Crippen LogP contribution in [0.3, 0.4) is 0 Å². The predicted octanol–water partition coefficient (Wildman–Crippen LogP) is 4.67. The monoisotopic (exact) mass is 710 g/mol. The first-order valence-electron chi connectivity index (χ1n) is 17.9. The van der Waals surface area contributed by atoms with Gasteiger partial charge in [0, 0.05) is 44.6 Å². The second-order valence-corrected chi connectivity index (χ2v) is 14.9. The minimum absolute atomic E-state index is 0.153. The van der Waals surface area contributed by atoms with Crippen LogP contribution in [0.1, 0.15) is 44.4 Å². The molecule has 52 heavy (non-hydrogen) atoms. The smallest absolute Gasteiger partial charge is 0.320 e. The first-order valence-corrected chi connectivity index (χ1v) is 17.9. The van der Waals surface area contributed by atoms with Crippen molar-refractivity contribution >= 4 is 49.6 Å². The van der Waals surface area contributed by atoms with E-state index in [0.717, 1.165) is 30.3 Å². The second kappa shape index (κ2) is 11.8. The molecule has 0 unspecified atom stereocenters. The van der Waals surface area contributed by atoms with Gasteiger partial charge in [-0.15, -0.1) is 0 Å². The van der Waals surface area contributed by atoms with Crippen LogP contribution in [-0.4, -0.2) is 108 Å². The molecule has 0 bridgehead atoms. The van der Waals surface area contributed by atoms with Crippen LogP contribution in [0.15, 0.2) is 18.2 Å². The molecule has 13 nitrogen and oxygen atoms in total. The number of aromatic nitrogens is 7. The molecule has 7 heterocycles. The predicted molar refractivity (Wildman–Crippen MR) is 192 cm³/mol. The highest BCUT2D eigenvalue weighted by atomic mass is 19.1. The Hall–Kier alpha value is -4.91. The molecule has 2 aromatic carbocycles. The van der Waals surface area contributed by atoms with Crippen molar-refractivity contribution in [2.45, 2.75) is 56.8 Å². The van der Waals surface area contributed by atoms with Gasteiger partial charge in [-0.05, 0) is 61.2 Å². The van der Waals surface area contributed by atoms with Crippen LogP contribution in [0, 0.1) is 17.1 Å². The molecule has 270 valence electrons. The number of ether oxygens (including phenoxy) is 2. The zero-order valence-electron chi connectivity index (χ0n) is 29.6. The lowest BCUT2D eigenvalue weighted by Crippen LogP contribution is -2.44. The van der Waals surface area contributed by atoms with Crippen LogP contribution in [0.2, 0.25) is 0 Å². The lowest BCUT2D eigenvalue weighted by atomic mass is 9.91. The van der Waals surface area contributed by atoms with E-state index in [2.05, 4.69) is 21.2 Å². The third kappa shape index (κ3) is 4.87. The molecule has 0 amide bonds. The molecule has 9 rings (SSSR count). The van der Waals surface area contributed by atoms with E-state index in [4.69, 9.17) is 24.5 Å². The highest BCUT2D eigenvalue weighted by molar-refractivity contribution is 6.20. The van der Waals surface area contributed by atoms with Crippen molar-refractivity contribution in [2.24, 2.45) is 14.1 Å². The van der Waals surface area contributed by atoms with Crippen molar-refractivity contribution in [3.05, 3.63) is 35.3 Å². The average Bonchev–Trinajstić information content (AvgIpc) is 3.89. The largest absolute Gasteiger partial charge is 0.461 e. The molecule has 3 saturated heterocycles. The quantitative estimate of drug-likeness (QED) is 0.250. The number of nitrogens with one attached hydrogen (secondary N) is 1. The second-order valence-electron chi connectivity index (χ2n) is 14.9. The summed E-state index contributed by atoms with van der Waals surface area (Å²) in [6, 6.07) is 7.47.